The Bertz CT molecular complexity index is 570. The van der Waals surface area contributed by atoms with Crippen molar-refractivity contribution in [3.05, 3.63) is 35.4 Å². The lowest BCUT2D eigenvalue weighted by Gasteiger charge is -2.16. The fourth-order valence-electron chi connectivity index (χ4n) is 3.44. The molecule has 1 amide bonds. The van der Waals surface area contributed by atoms with Crippen LogP contribution in [0.4, 0.5) is 13.2 Å². The number of likely N-dealkylation sites (tertiary alicyclic amines) is 1. The van der Waals surface area contributed by atoms with Gasteiger partial charge in [-0.2, -0.15) is 13.2 Å². The molecule has 1 saturated heterocycles. The van der Waals surface area contributed by atoms with Gasteiger partial charge in [0.15, 0.2) is 0 Å². The second kappa shape index (κ2) is 6.15. The SMILES string of the molecule is O=C([C@@H]1C[C@@H]1c1ccc(C(F)(F)F)cc1)N1CC[C@H](CCO)C1. The van der Waals surface area contributed by atoms with Crippen molar-refractivity contribution in [3.63, 3.8) is 0 Å². The van der Waals surface area contributed by atoms with E-state index in [0.717, 1.165) is 37.1 Å². The minimum Gasteiger partial charge on any atom is -0.396 e. The fourth-order valence-corrected chi connectivity index (χ4v) is 3.44. The summed E-state index contributed by atoms with van der Waals surface area (Å²) in [6, 6.07) is 5.14. The monoisotopic (exact) mass is 327 g/mol. The van der Waals surface area contributed by atoms with Crippen molar-refractivity contribution < 1.29 is 23.1 Å². The van der Waals surface area contributed by atoms with E-state index in [1.54, 1.807) is 0 Å². The smallest absolute Gasteiger partial charge is 0.396 e. The van der Waals surface area contributed by atoms with E-state index in [1.807, 2.05) is 4.90 Å². The highest BCUT2D eigenvalue weighted by Gasteiger charge is 2.46. The van der Waals surface area contributed by atoms with Gasteiger partial charge in [-0.05, 0) is 48.8 Å². The lowest BCUT2D eigenvalue weighted by molar-refractivity contribution is -0.137. The number of hydrogen-bond donors (Lipinski definition) is 1. The summed E-state index contributed by atoms with van der Waals surface area (Å²) in [5, 5.41) is 8.96. The molecule has 3 rings (SSSR count). The van der Waals surface area contributed by atoms with Crippen LogP contribution < -0.4 is 0 Å². The zero-order valence-corrected chi connectivity index (χ0v) is 12.7. The van der Waals surface area contributed by atoms with Crippen LogP contribution in [0.2, 0.25) is 0 Å². The van der Waals surface area contributed by atoms with Gasteiger partial charge in [-0.3, -0.25) is 4.79 Å². The van der Waals surface area contributed by atoms with Gasteiger partial charge in [-0.15, -0.1) is 0 Å². The van der Waals surface area contributed by atoms with E-state index in [-0.39, 0.29) is 24.3 Å². The molecule has 0 spiro atoms. The van der Waals surface area contributed by atoms with E-state index < -0.39 is 11.7 Å². The number of benzene rings is 1. The van der Waals surface area contributed by atoms with Crippen LogP contribution in [0.15, 0.2) is 24.3 Å². The summed E-state index contributed by atoms with van der Waals surface area (Å²) in [5.41, 5.74) is 0.151. The normalized spacial score (nSPS) is 27.3. The van der Waals surface area contributed by atoms with Crippen LogP contribution in [0.1, 0.15) is 36.3 Å². The molecule has 2 fully saturated rings. The Morgan fingerprint density at radius 3 is 2.57 bits per heavy atom. The maximum absolute atomic E-state index is 12.6. The van der Waals surface area contributed by atoms with Crippen molar-refractivity contribution >= 4 is 5.91 Å². The third-order valence-electron chi connectivity index (χ3n) is 4.91. The van der Waals surface area contributed by atoms with Gasteiger partial charge in [-0.25, -0.2) is 0 Å². The minimum absolute atomic E-state index is 0.0432. The first-order chi connectivity index (χ1) is 10.9. The number of carbonyl (C=O) groups is 1. The van der Waals surface area contributed by atoms with Crippen molar-refractivity contribution in [1.29, 1.82) is 0 Å². The molecule has 1 aromatic rings. The van der Waals surface area contributed by atoms with E-state index in [9.17, 15) is 18.0 Å². The maximum atomic E-state index is 12.6. The predicted molar refractivity (Wildman–Crippen MR) is 78.7 cm³/mol. The third-order valence-corrected chi connectivity index (χ3v) is 4.91. The highest BCUT2D eigenvalue weighted by atomic mass is 19.4. The first kappa shape index (κ1) is 16.3. The Balaban J connectivity index is 1.58. The minimum atomic E-state index is -4.32. The number of rotatable bonds is 4. The zero-order chi connectivity index (χ0) is 16.6. The summed E-state index contributed by atoms with van der Waals surface area (Å²) in [7, 11) is 0. The average Bonchev–Trinajstić information content (AvgIpc) is 3.18. The first-order valence-electron chi connectivity index (χ1n) is 7.97. The molecule has 0 unspecified atom stereocenters. The van der Waals surface area contributed by atoms with Gasteiger partial charge in [0.2, 0.25) is 5.91 Å². The van der Waals surface area contributed by atoms with Gasteiger partial charge < -0.3 is 10.0 Å². The molecule has 126 valence electrons. The van der Waals surface area contributed by atoms with E-state index in [0.29, 0.717) is 18.9 Å². The number of aliphatic hydroxyl groups is 1. The Hall–Kier alpha value is -1.56. The van der Waals surface area contributed by atoms with E-state index in [2.05, 4.69) is 0 Å². The molecule has 1 aliphatic carbocycles. The third kappa shape index (κ3) is 3.52. The lowest BCUT2D eigenvalue weighted by Crippen LogP contribution is -2.30. The Kier molecular flexibility index (Phi) is 4.36. The number of alkyl halides is 3. The summed E-state index contributed by atoms with van der Waals surface area (Å²) in [4.78, 5) is 14.3. The maximum Gasteiger partial charge on any atom is 0.416 e. The molecule has 1 saturated carbocycles. The number of nitrogens with zero attached hydrogens (tertiary/aromatic N) is 1. The van der Waals surface area contributed by atoms with Gasteiger partial charge in [-0.1, -0.05) is 12.1 Å². The number of carbonyl (C=O) groups excluding carboxylic acids is 1. The largest absolute Gasteiger partial charge is 0.416 e. The lowest BCUT2D eigenvalue weighted by atomic mass is 10.1. The molecular formula is C17H20F3NO2. The quantitative estimate of drug-likeness (QED) is 0.923. The van der Waals surface area contributed by atoms with Crippen molar-refractivity contribution in [2.45, 2.75) is 31.4 Å². The molecule has 0 bridgehead atoms. The van der Waals surface area contributed by atoms with Crippen LogP contribution in [0.3, 0.4) is 0 Å². The van der Waals surface area contributed by atoms with Crippen LogP contribution in [-0.2, 0) is 11.0 Å². The molecular weight excluding hydrogens is 307 g/mol. The van der Waals surface area contributed by atoms with Gasteiger partial charge in [0.1, 0.15) is 0 Å². The summed E-state index contributed by atoms with van der Waals surface area (Å²) in [6.07, 6.45) is -1.97. The second-order valence-corrected chi connectivity index (χ2v) is 6.52. The van der Waals surface area contributed by atoms with E-state index in [4.69, 9.17) is 5.11 Å². The highest BCUT2D eigenvalue weighted by Crippen LogP contribution is 2.49. The van der Waals surface area contributed by atoms with Crippen molar-refractivity contribution in [1.82, 2.24) is 4.90 Å². The number of amides is 1. The fraction of sp³-hybridized carbons (Fsp3) is 0.588. The molecule has 1 heterocycles. The second-order valence-electron chi connectivity index (χ2n) is 6.52. The van der Waals surface area contributed by atoms with Crippen LogP contribution >= 0.6 is 0 Å². The van der Waals surface area contributed by atoms with Crippen LogP contribution in [-0.4, -0.2) is 35.6 Å². The average molecular weight is 327 g/mol. The van der Waals surface area contributed by atoms with E-state index >= 15 is 0 Å². The Morgan fingerprint density at radius 1 is 1.26 bits per heavy atom. The molecule has 3 nitrogen and oxygen atoms in total. The molecule has 1 aliphatic heterocycles. The summed E-state index contributed by atoms with van der Waals surface area (Å²) >= 11 is 0. The molecule has 1 aromatic carbocycles. The number of hydrogen-bond acceptors (Lipinski definition) is 2. The van der Waals surface area contributed by atoms with Gasteiger partial charge in [0.25, 0.3) is 0 Å². The van der Waals surface area contributed by atoms with E-state index in [1.165, 1.54) is 12.1 Å². The number of halogens is 3. The molecule has 23 heavy (non-hydrogen) atoms. The first-order valence-corrected chi connectivity index (χ1v) is 7.97. The summed E-state index contributed by atoms with van der Waals surface area (Å²) < 4.78 is 37.7. The zero-order valence-electron chi connectivity index (χ0n) is 12.7. The molecule has 3 atom stereocenters. The Morgan fingerprint density at radius 2 is 1.96 bits per heavy atom. The summed E-state index contributed by atoms with van der Waals surface area (Å²) in [6.45, 7) is 1.56. The highest BCUT2D eigenvalue weighted by molar-refractivity contribution is 5.83. The molecule has 0 aromatic heterocycles. The Labute approximate surface area is 133 Å². The van der Waals surface area contributed by atoms with Gasteiger partial charge >= 0.3 is 6.18 Å². The molecule has 0 radical (unpaired) electrons. The summed E-state index contributed by atoms with van der Waals surface area (Å²) in [5.74, 6) is 0.420. The van der Waals surface area contributed by atoms with Crippen molar-refractivity contribution in [3.8, 4) is 0 Å². The van der Waals surface area contributed by atoms with Crippen LogP contribution in [0.5, 0.6) is 0 Å². The van der Waals surface area contributed by atoms with Crippen molar-refractivity contribution in [2.24, 2.45) is 11.8 Å². The van der Waals surface area contributed by atoms with Gasteiger partial charge in [0, 0.05) is 25.6 Å². The molecule has 2 aliphatic rings. The predicted octanol–water partition coefficient (Wildman–Crippen LogP) is 3.04. The van der Waals surface area contributed by atoms with Crippen LogP contribution in [0.25, 0.3) is 0 Å². The van der Waals surface area contributed by atoms with Gasteiger partial charge in [0.05, 0.1) is 5.56 Å². The van der Waals surface area contributed by atoms with Crippen molar-refractivity contribution in [2.75, 3.05) is 19.7 Å². The number of aliphatic hydroxyl groups excluding tert-OH is 1. The standard InChI is InChI=1S/C17H20F3NO2/c18-17(19,20)13-3-1-12(2-4-13)14-9-15(14)16(23)21-7-5-11(10-21)6-8-22/h1-4,11,14-15,22H,5-10H2/t11-,14-,15-/m1/s1. The topological polar surface area (TPSA) is 40.5 Å². The molecule has 1 N–H and O–H groups in total. The van der Waals surface area contributed by atoms with Crippen LogP contribution in [0, 0.1) is 11.8 Å². The molecule has 6 heteroatoms.